The van der Waals surface area contributed by atoms with Crippen LogP contribution in [0.15, 0.2) is 17.5 Å². The predicted octanol–water partition coefficient (Wildman–Crippen LogP) is 3.71. The molecular formula is C15H23NS. The summed E-state index contributed by atoms with van der Waals surface area (Å²) in [6, 6.07) is 4.51. The van der Waals surface area contributed by atoms with Crippen molar-refractivity contribution in [3.8, 4) is 0 Å². The van der Waals surface area contributed by atoms with Gasteiger partial charge in [0.1, 0.15) is 0 Å². The quantitative estimate of drug-likeness (QED) is 0.758. The highest BCUT2D eigenvalue weighted by atomic mass is 32.1. The van der Waals surface area contributed by atoms with Crippen molar-refractivity contribution in [2.75, 3.05) is 13.1 Å². The lowest BCUT2D eigenvalue weighted by Gasteiger charge is -2.31. The summed E-state index contributed by atoms with van der Waals surface area (Å²) in [4.78, 5) is 1.59. The molecule has 2 aliphatic carbocycles. The average Bonchev–Trinajstić information content (AvgIpc) is 2.77. The van der Waals surface area contributed by atoms with Crippen molar-refractivity contribution in [3.63, 3.8) is 0 Å². The van der Waals surface area contributed by atoms with Crippen LogP contribution >= 0.6 is 11.3 Å². The van der Waals surface area contributed by atoms with Crippen molar-refractivity contribution in [2.24, 2.45) is 17.3 Å². The molecule has 2 saturated carbocycles. The molecule has 0 aromatic carbocycles. The van der Waals surface area contributed by atoms with E-state index in [0.29, 0.717) is 5.41 Å². The lowest BCUT2D eigenvalue weighted by atomic mass is 9.79. The molecule has 2 fully saturated rings. The minimum atomic E-state index is 0.591. The third-order valence-corrected chi connectivity index (χ3v) is 5.39. The van der Waals surface area contributed by atoms with E-state index in [-0.39, 0.29) is 0 Å². The SMILES string of the molecule is CCCNCC1(Cc2cccs2)CC2CC2C1. The molecule has 2 heteroatoms. The summed E-state index contributed by atoms with van der Waals surface area (Å²) in [5.41, 5.74) is 0.591. The summed E-state index contributed by atoms with van der Waals surface area (Å²) in [5.74, 6) is 2.16. The van der Waals surface area contributed by atoms with Crippen molar-refractivity contribution in [1.82, 2.24) is 5.32 Å². The van der Waals surface area contributed by atoms with Gasteiger partial charge in [-0.15, -0.1) is 11.3 Å². The zero-order chi connectivity index (χ0) is 11.7. The van der Waals surface area contributed by atoms with Gasteiger partial charge in [-0.2, -0.15) is 0 Å². The van der Waals surface area contributed by atoms with E-state index < -0.39 is 0 Å². The van der Waals surface area contributed by atoms with Crippen LogP contribution < -0.4 is 5.32 Å². The number of fused-ring (bicyclic) bond motifs is 1. The van der Waals surface area contributed by atoms with Gasteiger partial charge < -0.3 is 5.32 Å². The maximum absolute atomic E-state index is 3.68. The Bertz CT molecular complexity index is 347. The fourth-order valence-corrected chi connectivity index (χ4v) is 4.55. The molecule has 2 aliphatic rings. The third kappa shape index (κ3) is 2.58. The smallest absolute Gasteiger partial charge is 0.00512 e. The van der Waals surface area contributed by atoms with Gasteiger partial charge in [-0.1, -0.05) is 13.0 Å². The maximum Gasteiger partial charge on any atom is 0.00512 e. The number of nitrogens with one attached hydrogen (secondary N) is 1. The molecule has 0 radical (unpaired) electrons. The van der Waals surface area contributed by atoms with E-state index >= 15 is 0 Å². The molecule has 1 N–H and O–H groups in total. The van der Waals surface area contributed by atoms with Crippen LogP contribution in [0.1, 0.15) is 37.5 Å². The second kappa shape index (κ2) is 4.74. The van der Waals surface area contributed by atoms with Crippen LogP contribution in [0.4, 0.5) is 0 Å². The van der Waals surface area contributed by atoms with Gasteiger partial charge in [0.05, 0.1) is 0 Å². The average molecular weight is 249 g/mol. The van der Waals surface area contributed by atoms with E-state index in [1.165, 1.54) is 45.2 Å². The standard InChI is InChI=1S/C15H23NS/c1-2-5-16-11-15(8-12-7-13(12)9-15)10-14-4-3-6-17-14/h3-4,6,12-13,16H,2,5,7-11H2,1H3. The monoisotopic (exact) mass is 249 g/mol. The predicted molar refractivity (Wildman–Crippen MR) is 74.4 cm³/mol. The van der Waals surface area contributed by atoms with E-state index in [1.807, 2.05) is 11.3 Å². The van der Waals surface area contributed by atoms with E-state index in [2.05, 4.69) is 29.8 Å². The van der Waals surface area contributed by atoms with Crippen LogP contribution in [0.25, 0.3) is 0 Å². The van der Waals surface area contributed by atoms with Gasteiger partial charge in [-0.05, 0) is 67.3 Å². The first kappa shape index (κ1) is 11.7. The first-order valence-corrected chi connectivity index (χ1v) is 7.92. The molecule has 1 heterocycles. The van der Waals surface area contributed by atoms with Crippen molar-refractivity contribution >= 4 is 11.3 Å². The molecule has 17 heavy (non-hydrogen) atoms. The lowest BCUT2D eigenvalue weighted by molar-refractivity contribution is 0.250. The highest BCUT2D eigenvalue weighted by molar-refractivity contribution is 7.09. The summed E-state index contributed by atoms with van der Waals surface area (Å²) in [6.45, 7) is 4.68. The van der Waals surface area contributed by atoms with Gasteiger partial charge in [0, 0.05) is 11.4 Å². The molecule has 2 unspecified atom stereocenters. The molecule has 0 saturated heterocycles. The molecule has 0 spiro atoms. The van der Waals surface area contributed by atoms with Gasteiger partial charge in [0.2, 0.25) is 0 Å². The lowest BCUT2D eigenvalue weighted by Crippen LogP contribution is -2.35. The van der Waals surface area contributed by atoms with Crippen LogP contribution in [0.3, 0.4) is 0 Å². The highest BCUT2D eigenvalue weighted by Gasteiger charge is 2.53. The molecule has 0 bridgehead atoms. The largest absolute Gasteiger partial charge is 0.316 e. The number of rotatable bonds is 6. The molecule has 1 aromatic rings. The van der Waals surface area contributed by atoms with Crippen LogP contribution in [0.5, 0.6) is 0 Å². The van der Waals surface area contributed by atoms with Gasteiger partial charge in [-0.3, -0.25) is 0 Å². The molecule has 0 amide bonds. The Balaban J connectivity index is 1.64. The first-order valence-electron chi connectivity index (χ1n) is 7.04. The Kier molecular flexibility index (Phi) is 3.27. The fraction of sp³-hybridized carbons (Fsp3) is 0.733. The third-order valence-electron chi connectivity index (χ3n) is 4.52. The first-order chi connectivity index (χ1) is 8.31. The molecule has 1 nitrogen and oxygen atoms in total. The summed E-state index contributed by atoms with van der Waals surface area (Å²) in [7, 11) is 0. The molecule has 3 rings (SSSR count). The van der Waals surface area contributed by atoms with E-state index in [1.54, 1.807) is 4.88 Å². The van der Waals surface area contributed by atoms with Gasteiger partial charge in [-0.25, -0.2) is 0 Å². The summed E-state index contributed by atoms with van der Waals surface area (Å²) < 4.78 is 0. The second-order valence-electron chi connectivity index (χ2n) is 6.10. The highest BCUT2D eigenvalue weighted by Crippen LogP contribution is 2.60. The van der Waals surface area contributed by atoms with E-state index in [9.17, 15) is 0 Å². The second-order valence-corrected chi connectivity index (χ2v) is 7.13. The van der Waals surface area contributed by atoms with E-state index in [4.69, 9.17) is 0 Å². The normalized spacial score (nSPS) is 34.9. The zero-order valence-corrected chi connectivity index (χ0v) is 11.6. The molecule has 0 aliphatic heterocycles. The minimum Gasteiger partial charge on any atom is -0.316 e. The minimum absolute atomic E-state index is 0.591. The van der Waals surface area contributed by atoms with E-state index in [0.717, 1.165) is 11.8 Å². The molecule has 2 atom stereocenters. The zero-order valence-electron chi connectivity index (χ0n) is 10.7. The van der Waals surface area contributed by atoms with Gasteiger partial charge >= 0.3 is 0 Å². The van der Waals surface area contributed by atoms with Crippen LogP contribution in [-0.2, 0) is 6.42 Å². The van der Waals surface area contributed by atoms with Crippen molar-refractivity contribution < 1.29 is 0 Å². The fourth-order valence-electron chi connectivity index (χ4n) is 3.67. The Hall–Kier alpha value is -0.340. The van der Waals surface area contributed by atoms with Crippen molar-refractivity contribution in [3.05, 3.63) is 22.4 Å². The number of hydrogen-bond donors (Lipinski definition) is 1. The molecule has 1 aromatic heterocycles. The Morgan fingerprint density at radius 1 is 1.41 bits per heavy atom. The number of hydrogen-bond acceptors (Lipinski definition) is 2. The Labute approximate surface area is 109 Å². The topological polar surface area (TPSA) is 12.0 Å². The summed E-state index contributed by atoms with van der Waals surface area (Å²) in [5, 5.41) is 5.90. The maximum atomic E-state index is 3.68. The molecule has 94 valence electrons. The van der Waals surface area contributed by atoms with Crippen molar-refractivity contribution in [2.45, 2.75) is 39.0 Å². The van der Waals surface area contributed by atoms with Gasteiger partial charge in [0.25, 0.3) is 0 Å². The Morgan fingerprint density at radius 2 is 2.24 bits per heavy atom. The Morgan fingerprint density at radius 3 is 2.88 bits per heavy atom. The summed E-state index contributed by atoms with van der Waals surface area (Å²) in [6.07, 6.45) is 7.05. The summed E-state index contributed by atoms with van der Waals surface area (Å²) >= 11 is 1.94. The molecular weight excluding hydrogens is 226 g/mol. The number of thiophene rings is 1. The van der Waals surface area contributed by atoms with Crippen LogP contribution in [-0.4, -0.2) is 13.1 Å². The van der Waals surface area contributed by atoms with Crippen LogP contribution in [0, 0.1) is 17.3 Å². The van der Waals surface area contributed by atoms with Gasteiger partial charge in [0.15, 0.2) is 0 Å². The van der Waals surface area contributed by atoms with Crippen LogP contribution in [0.2, 0.25) is 0 Å². The van der Waals surface area contributed by atoms with Crippen molar-refractivity contribution in [1.29, 1.82) is 0 Å².